The Balaban J connectivity index is 2.70. The highest BCUT2D eigenvalue weighted by atomic mass is 16.4. The van der Waals surface area contributed by atoms with Crippen molar-refractivity contribution in [3.63, 3.8) is 0 Å². The van der Waals surface area contributed by atoms with Gasteiger partial charge in [-0.3, -0.25) is 4.99 Å². The number of aliphatic imine (C=N–C) groups is 1. The van der Waals surface area contributed by atoms with Crippen LogP contribution in [-0.4, -0.2) is 23.3 Å². The highest BCUT2D eigenvalue weighted by Crippen LogP contribution is 2.42. The van der Waals surface area contributed by atoms with Crippen molar-refractivity contribution in [3.05, 3.63) is 46.6 Å². The van der Waals surface area contributed by atoms with Crippen LogP contribution in [0.2, 0.25) is 0 Å². The molecule has 0 saturated heterocycles. The molecule has 0 aliphatic heterocycles. The number of allylic oxidation sites excluding steroid dienone is 8. The zero-order valence-corrected chi connectivity index (χ0v) is 18.2. The van der Waals surface area contributed by atoms with E-state index in [0.29, 0.717) is 11.3 Å². The van der Waals surface area contributed by atoms with Gasteiger partial charge in [-0.1, -0.05) is 55.7 Å². The van der Waals surface area contributed by atoms with E-state index in [9.17, 15) is 4.79 Å². The monoisotopic (exact) mass is 371 g/mol. The normalized spacial score (nSPS) is 21.1. The minimum atomic E-state index is -0.909. The van der Waals surface area contributed by atoms with Crippen LogP contribution < -0.4 is 0 Å². The van der Waals surface area contributed by atoms with E-state index in [1.54, 1.807) is 24.3 Å². The van der Waals surface area contributed by atoms with Crippen LogP contribution in [0.3, 0.4) is 0 Å². The van der Waals surface area contributed by atoms with Crippen LogP contribution in [0.1, 0.15) is 74.1 Å². The zero-order valence-electron chi connectivity index (χ0n) is 18.2. The molecule has 0 fully saturated rings. The van der Waals surface area contributed by atoms with Crippen LogP contribution in [0.25, 0.3) is 0 Å². The molecule has 27 heavy (non-hydrogen) atoms. The van der Waals surface area contributed by atoms with Crippen molar-refractivity contribution in [1.82, 2.24) is 0 Å². The van der Waals surface area contributed by atoms with Gasteiger partial charge in [-0.25, -0.2) is 4.79 Å². The molecule has 0 aromatic carbocycles. The molecule has 1 unspecified atom stereocenters. The summed E-state index contributed by atoms with van der Waals surface area (Å²) < 4.78 is 0. The summed E-state index contributed by atoms with van der Waals surface area (Å²) in [6.45, 7) is 15.0. The number of carboxylic acids is 1. The van der Waals surface area contributed by atoms with Crippen molar-refractivity contribution in [1.29, 1.82) is 0 Å². The van der Waals surface area contributed by atoms with Crippen molar-refractivity contribution in [2.45, 2.75) is 80.2 Å². The molecule has 0 saturated carbocycles. The molecule has 0 bridgehead atoms. The van der Waals surface area contributed by atoms with Crippen LogP contribution in [0.5, 0.6) is 0 Å². The van der Waals surface area contributed by atoms with Gasteiger partial charge in [0, 0.05) is 6.21 Å². The van der Waals surface area contributed by atoms with Crippen LogP contribution in [0.15, 0.2) is 51.6 Å². The number of hydrogen-bond acceptors (Lipinski definition) is 2. The molecule has 0 spiro atoms. The van der Waals surface area contributed by atoms with Crippen LogP contribution in [0.4, 0.5) is 0 Å². The molecular formula is C24H37NO2. The van der Waals surface area contributed by atoms with Gasteiger partial charge in [0.2, 0.25) is 0 Å². The third-order valence-corrected chi connectivity index (χ3v) is 5.68. The lowest BCUT2D eigenvalue weighted by Crippen LogP contribution is -2.20. The first-order valence-electron chi connectivity index (χ1n) is 10.0. The highest BCUT2D eigenvalue weighted by molar-refractivity contribution is 5.79. The molecule has 1 aliphatic carbocycles. The van der Waals surface area contributed by atoms with Crippen molar-refractivity contribution in [2.75, 3.05) is 0 Å². The first-order valence-corrected chi connectivity index (χ1v) is 10.0. The molecule has 2 atom stereocenters. The van der Waals surface area contributed by atoms with Gasteiger partial charge < -0.3 is 5.11 Å². The Kier molecular flexibility index (Phi) is 8.95. The maximum atomic E-state index is 10.7. The van der Waals surface area contributed by atoms with Crippen molar-refractivity contribution in [2.24, 2.45) is 16.3 Å². The fourth-order valence-electron chi connectivity index (χ4n) is 3.43. The van der Waals surface area contributed by atoms with Gasteiger partial charge in [0.25, 0.3) is 0 Å². The second kappa shape index (κ2) is 10.4. The Hall–Kier alpha value is -1.90. The molecular weight excluding hydrogens is 334 g/mol. The predicted molar refractivity (Wildman–Crippen MR) is 116 cm³/mol. The molecule has 0 heterocycles. The van der Waals surface area contributed by atoms with E-state index in [0.717, 1.165) is 12.0 Å². The lowest BCUT2D eigenvalue weighted by atomic mass is 9.71. The van der Waals surface area contributed by atoms with E-state index in [4.69, 9.17) is 5.11 Å². The summed E-state index contributed by atoms with van der Waals surface area (Å²) in [5, 5.41) is 8.82. The van der Waals surface area contributed by atoms with Gasteiger partial charge in [-0.05, 0) is 76.4 Å². The average Bonchev–Trinajstić information content (AvgIpc) is 2.58. The standard InChI is InChI=1S/C24H37NO2/c1-17(14-16-25-21(5)23(26)27)10-11-18(2)19(3)12-13-22-20(4)9-8-15-24(22,6)7/h10-12,14,16,18,21H,8-9,13,15H2,1-7H3,(H,26,27)/t18?,21-/m0/s1. The smallest absolute Gasteiger partial charge is 0.328 e. The summed E-state index contributed by atoms with van der Waals surface area (Å²) in [5.41, 5.74) is 5.96. The van der Waals surface area contributed by atoms with Crippen molar-refractivity contribution >= 4 is 12.2 Å². The maximum Gasteiger partial charge on any atom is 0.328 e. The number of carbonyl (C=O) groups is 1. The second-order valence-corrected chi connectivity index (χ2v) is 8.52. The second-order valence-electron chi connectivity index (χ2n) is 8.52. The Labute approximate surface area is 165 Å². The number of rotatable bonds is 8. The quantitative estimate of drug-likeness (QED) is 0.299. The molecule has 0 aromatic rings. The predicted octanol–water partition coefficient (Wildman–Crippen LogP) is 6.53. The van der Waals surface area contributed by atoms with E-state index in [2.05, 4.69) is 57.8 Å². The topological polar surface area (TPSA) is 49.7 Å². The first kappa shape index (κ1) is 23.1. The zero-order chi connectivity index (χ0) is 20.6. The van der Waals surface area contributed by atoms with Crippen molar-refractivity contribution < 1.29 is 9.90 Å². The van der Waals surface area contributed by atoms with Gasteiger partial charge in [0.05, 0.1) is 0 Å². The highest BCUT2D eigenvalue weighted by Gasteiger charge is 2.27. The molecule has 1 N–H and O–H groups in total. The van der Waals surface area contributed by atoms with Gasteiger partial charge in [0.1, 0.15) is 6.04 Å². The SMILES string of the molecule is CC(C=CC(C)C(C)=CCC1=C(C)CCCC1(C)C)=CC=N[C@@H](C)C(=O)O. The number of nitrogens with zero attached hydrogens (tertiary/aromatic N) is 1. The van der Waals surface area contributed by atoms with E-state index < -0.39 is 12.0 Å². The van der Waals surface area contributed by atoms with E-state index in [1.165, 1.54) is 24.8 Å². The fraction of sp³-hybridized carbons (Fsp3) is 0.583. The van der Waals surface area contributed by atoms with E-state index >= 15 is 0 Å². The van der Waals surface area contributed by atoms with Gasteiger partial charge in [-0.2, -0.15) is 0 Å². The van der Waals surface area contributed by atoms with E-state index in [1.807, 2.05) is 13.0 Å². The lowest BCUT2D eigenvalue weighted by molar-refractivity contribution is -0.137. The van der Waals surface area contributed by atoms with Gasteiger partial charge in [-0.15, -0.1) is 0 Å². The van der Waals surface area contributed by atoms with Crippen LogP contribution in [-0.2, 0) is 4.79 Å². The summed E-state index contributed by atoms with van der Waals surface area (Å²) in [6.07, 6.45) is 15.0. The largest absolute Gasteiger partial charge is 0.480 e. The minimum absolute atomic E-state index is 0.323. The number of hydrogen-bond donors (Lipinski definition) is 1. The molecule has 0 radical (unpaired) electrons. The van der Waals surface area contributed by atoms with E-state index in [-0.39, 0.29) is 0 Å². The molecule has 1 aliphatic rings. The third kappa shape index (κ3) is 7.70. The Morgan fingerprint density at radius 3 is 2.56 bits per heavy atom. The molecule has 0 amide bonds. The molecule has 150 valence electrons. The molecule has 3 nitrogen and oxygen atoms in total. The lowest BCUT2D eigenvalue weighted by Gasteiger charge is -2.34. The molecule has 1 rings (SSSR count). The minimum Gasteiger partial charge on any atom is -0.480 e. The number of carboxylic acid groups (broad SMARTS) is 1. The number of aliphatic carboxylic acids is 1. The third-order valence-electron chi connectivity index (χ3n) is 5.68. The molecule has 3 heteroatoms. The average molecular weight is 372 g/mol. The Bertz CT molecular complexity index is 674. The summed E-state index contributed by atoms with van der Waals surface area (Å²) in [4.78, 5) is 14.7. The Morgan fingerprint density at radius 1 is 1.30 bits per heavy atom. The summed E-state index contributed by atoms with van der Waals surface area (Å²) in [6, 6.07) is -0.705. The van der Waals surface area contributed by atoms with Crippen LogP contribution in [0, 0.1) is 11.3 Å². The Morgan fingerprint density at radius 2 is 1.96 bits per heavy atom. The maximum absolute atomic E-state index is 10.7. The van der Waals surface area contributed by atoms with Crippen LogP contribution >= 0.6 is 0 Å². The fourth-order valence-corrected chi connectivity index (χ4v) is 3.43. The summed E-state index contributed by atoms with van der Waals surface area (Å²) in [5.74, 6) is -0.537. The van der Waals surface area contributed by atoms with Gasteiger partial charge in [0.15, 0.2) is 0 Å². The van der Waals surface area contributed by atoms with Crippen molar-refractivity contribution in [3.8, 4) is 0 Å². The first-order chi connectivity index (χ1) is 12.5. The summed E-state index contributed by atoms with van der Waals surface area (Å²) in [7, 11) is 0. The molecule has 0 aromatic heterocycles. The summed E-state index contributed by atoms with van der Waals surface area (Å²) >= 11 is 0. The van der Waals surface area contributed by atoms with Gasteiger partial charge >= 0.3 is 5.97 Å².